The van der Waals surface area contributed by atoms with Gasteiger partial charge in [0.15, 0.2) is 5.13 Å². The van der Waals surface area contributed by atoms with Gasteiger partial charge in [0.25, 0.3) is 0 Å². The fraction of sp³-hybridized carbons (Fsp3) is 0.348. The number of thiazole rings is 1. The topological polar surface area (TPSA) is 71.1 Å². The molecule has 0 fully saturated rings. The molecule has 0 radical (unpaired) electrons. The van der Waals surface area contributed by atoms with Crippen LogP contribution in [0.5, 0.6) is 0 Å². The summed E-state index contributed by atoms with van der Waals surface area (Å²) >= 11 is 1.41. The van der Waals surface area contributed by atoms with Gasteiger partial charge < -0.3 is 10.6 Å². The van der Waals surface area contributed by atoms with Crippen LogP contribution in [0.1, 0.15) is 57.2 Å². The van der Waals surface area contributed by atoms with E-state index in [-0.39, 0.29) is 23.1 Å². The molecule has 3 aromatic rings. The van der Waals surface area contributed by atoms with E-state index in [0.717, 1.165) is 21.3 Å². The fourth-order valence-electron chi connectivity index (χ4n) is 3.03. The van der Waals surface area contributed by atoms with E-state index in [9.17, 15) is 9.59 Å². The monoisotopic (exact) mass is 409 g/mol. The van der Waals surface area contributed by atoms with Crippen molar-refractivity contribution in [1.82, 2.24) is 10.3 Å². The van der Waals surface area contributed by atoms with E-state index < -0.39 is 0 Å². The molecular weight excluding hydrogens is 382 g/mol. The van der Waals surface area contributed by atoms with Crippen LogP contribution in [0.15, 0.2) is 42.5 Å². The van der Waals surface area contributed by atoms with Gasteiger partial charge in [-0.2, -0.15) is 0 Å². The molecule has 2 N–H and O–H groups in total. The second-order valence-electron chi connectivity index (χ2n) is 8.31. The molecule has 152 valence electrons. The Morgan fingerprint density at radius 1 is 1.10 bits per heavy atom. The third-order valence-electron chi connectivity index (χ3n) is 4.88. The number of anilines is 1. The Morgan fingerprint density at radius 2 is 1.79 bits per heavy atom. The van der Waals surface area contributed by atoms with Crippen LogP contribution in [0.4, 0.5) is 5.13 Å². The van der Waals surface area contributed by atoms with E-state index in [0.29, 0.717) is 11.7 Å². The molecular formula is C23H27N3O2S. The Kier molecular flexibility index (Phi) is 6.03. The highest BCUT2D eigenvalue weighted by molar-refractivity contribution is 7.22. The van der Waals surface area contributed by atoms with E-state index in [1.54, 1.807) is 0 Å². The van der Waals surface area contributed by atoms with Gasteiger partial charge in [0, 0.05) is 13.5 Å². The van der Waals surface area contributed by atoms with Crippen molar-refractivity contribution in [1.29, 1.82) is 0 Å². The van der Waals surface area contributed by atoms with Gasteiger partial charge in [0.2, 0.25) is 11.8 Å². The number of benzene rings is 2. The average Bonchev–Trinajstić information content (AvgIpc) is 3.05. The average molecular weight is 410 g/mol. The normalized spacial score (nSPS) is 12.6. The first-order valence-electron chi connectivity index (χ1n) is 9.68. The Morgan fingerprint density at radius 3 is 2.41 bits per heavy atom. The van der Waals surface area contributed by atoms with Gasteiger partial charge >= 0.3 is 0 Å². The van der Waals surface area contributed by atoms with Gasteiger partial charge in [-0.15, -0.1) is 0 Å². The van der Waals surface area contributed by atoms with E-state index >= 15 is 0 Å². The van der Waals surface area contributed by atoms with Crippen molar-refractivity contribution < 1.29 is 9.59 Å². The molecule has 1 aromatic heterocycles. The minimum absolute atomic E-state index is 0.0177. The van der Waals surface area contributed by atoms with Crippen LogP contribution in [0, 0.1) is 0 Å². The second-order valence-corrected chi connectivity index (χ2v) is 9.34. The lowest BCUT2D eigenvalue weighted by molar-refractivity contribution is -0.122. The number of carbonyl (C=O) groups excluding carboxylic acids is 2. The molecule has 1 heterocycles. The first kappa shape index (κ1) is 21.0. The molecule has 0 spiro atoms. The van der Waals surface area contributed by atoms with Gasteiger partial charge in [-0.1, -0.05) is 62.4 Å². The highest BCUT2D eigenvalue weighted by atomic mass is 32.1. The smallest absolute Gasteiger partial charge is 0.227 e. The molecule has 0 saturated heterocycles. The lowest BCUT2D eigenvalue weighted by atomic mass is 9.87. The number of amides is 2. The molecule has 1 atom stereocenters. The van der Waals surface area contributed by atoms with Crippen molar-refractivity contribution in [2.24, 2.45) is 0 Å². The number of hydrogen-bond donors (Lipinski definition) is 2. The number of nitrogens with one attached hydrogen (secondary N) is 2. The molecule has 2 aromatic carbocycles. The molecule has 0 aliphatic carbocycles. The quantitative estimate of drug-likeness (QED) is 0.625. The first-order chi connectivity index (χ1) is 13.6. The molecule has 0 aliphatic heterocycles. The van der Waals surface area contributed by atoms with Crippen molar-refractivity contribution in [2.75, 3.05) is 5.32 Å². The molecule has 0 aliphatic rings. The van der Waals surface area contributed by atoms with Crippen LogP contribution in [0.2, 0.25) is 0 Å². The van der Waals surface area contributed by atoms with Crippen molar-refractivity contribution in [3.8, 4) is 0 Å². The minimum atomic E-state index is -0.278. The van der Waals surface area contributed by atoms with Gasteiger partial charge in [-0.05, 0) is 41.2 Å². The molecule has 3 rings (SSSR count). The van der Waals surface area contributed by atoms with E-state index in [2.05, 4.69) is 60.7 Å². The zero-order valence-corrected chi connectivity index (χ0v) is 18.3. The highest BCUT2D eigenvalue weighted by Gasteiger charge is 2.17. The largest absolute Gasteiger partial charge is 0.352 e. The Labute approximate surface area is 175 Å². The lowest BCUT2D eigenvalue weighted by Crippen LogP contribution is -2.27. The van der Waals surface area contributed by atoms with Crippen LogP contribution in [-0.4, -0.2) is 16.8 Å². The summed E-state index contributed by atoms with van der Waals surface area (Å²) in [7, 11) is 0. The molecule has 6 heteroatoms. The summed E-state index contributed by atoms with van der Waals surface area (Å²) in [5, 5.41) is 6.30. The van der Waals surface area contributed by atoms with Crippen LogP contribution < -0.4 is 10.6 Å². The fourth-order valence-corrected chi connectivity index (χ4v) is 3.99. The van der Waals surface area contributed by atoms with Crippen LogP contribution in [0.3, 0.4) is 0 Å². The predicted octanol–water partition coefficient (Wildman–Crippen LogP) is 4.97. The molecule has 0 saturated carbocycles. The van der Waals surface area contributed by atoms with Gasteiger partial charge in [-0.25, -0.2) is 4.98 Å². The number of nitrogens with zero attached hydrogens (tertiary/aromatic N) is 1. The zero-order valence-electron chi connectivity index (χ0n) is 17.5. The summed E-state index contributed by atoms with van der Waals surface area (Å²) in [4.78, 5) is 28.2. The summed E-state index contributed by atoms with van der Waals surface area (Å²) in [5.74, 6) is -0.442. The van der Waals surface area contributed by atoms with Crippen LogP contribution in [-0.2, 0) is 21.5 Å². The highest BCUT2D eigenvalue weighted by Crippen LogP contribution is 2.29. The molecule has 0 bridgehead atoms. The van der Waals surface area contributed by atoms with Crippen molar-refractivity contribution in [3.63, 3.8) is 0 Å². The molecule has 29 heavy (non-hydrogen) atoms. The number of carbonyl (C=O) groups is 2. The number of fused-ring (bicyclic) bond motifs is 1. The van der Waals surface area contributed by atoms with Gasteiger partial charge in [-0.3, -0.25) is 9.59 Å². The zero-order chi connectivity index (χ0) is 21.2. The maximum absolute atomic E-state index is 12.6. The van der Waals surface area contributed by atoms with Crippen LogP contribution >= 0.6 is 11.3 Å². The Balaban J connectivity index is 1.65. The Bertz CT molecular complexity index is 1030. The maximum atomic E-state index is 12.6. The minimum Gasteiger partial charge on any atom is -0.352 e. The SMILES string of the molecule is CC(=O)Nc1nc2ccc(C(C)C(=O)NCc3ccc(C(C)(C)C)cc3)cc2s1. The van der Waals surface area contributed by atoms with E-state index in [1.807, 2.05) is 25.1 Å². The van der Waals surface area contributed by atoms with Crippen molar-refractivity contribution in [3.05, 3.63) is 59.2 Å². The van der Waals surface area contributed by atoms with Crippen molar-refractivity contribution in [2.45, 2.75) is 52.5 Å². The molecule has 1 unspecified atom stereocenters. The third kappa shape index (κ3) is 5.21. The summed E-state index contributed by atoms with van der Waals surface area (Å²) in [6.45, 7) is 10.4. The van der Waals surface area contributed by atoms with E-state index in [4.69, 9.17) is 0 Å². The maximum Gasteiger partial charge on any atom is 0.227 e. The summed E-state index contributed by atoms with van der Waals surface area (Å²) in [5.41, 5.74) is 4.21. The van der Waals surface area contributed by atoms with Gasteiger partial charge in [0.05, 0.1) is 16.1 Å². The standard InChI is InChI=1S/C23H27N3O2S/c1-14(17-8-11-19-20(12-17)29-22(26-19)25-15(2)27)21(28)24-13-16-6-9-18(10-7-16)23(3,4)5/h6-12,14H,13H2,1-5H3,(H,24,28)(H,25,26,27). The summed E-state index contributed by atoms with van der Waals surface area (Å²) in [6, 6.07) is 14.2. The molecule has 5 nitrogen and oxygen atoms in total. The van der Waals surface area contributed by atoms with E-state index in [1.165, 1.54) is 23.8 Å². The predicted molar refractivity (Wildman–Crippen MR) is 119 cm³/mol. The summed E-state index contributed by atoms with van der Waals surface area (Å²) in [6.07, 6.45) is 0. The first-order valence-corrected chi connectivity index (χ1v) is 10.5. The van der Waals surface area contributed by atoms with Crippen molar-refractivity contribution >= 4 is 38.5 Å². The van der Waals surface area contributed by atoms with Gasteiger partial charge in [0.1, 0.15) is 0 Å². The Hall–Kier alpha value is -2.73. The second kappa shape index (κ2) is 8.33. The number of rotatable bonds is 5. The molecule has 2 amide bonds. The van der Waals surface area contributed by atoms with Crippen LogP contribution in [0.25, 0.3) is 10.2 Å². The lowest BCUT2D eigenvalue weighted by Gasteiger charge is -2.19. The number of hydrogen-bond acceptors (Lipinski definition) is 4. The number of aromatic nitrogens is 1. The third-order valence-corrected chi connectivity index (χ3v) is 5.81. The summed E-state index contributed by atoms with van der Waals surface area (Å²) < 4.78 is 0.948.